The summed E-state index contributed by atoms with van der Waals surface area (Å²) in [7, 11) is 1.45. The topological polar surface area (TPSA) is 96.5 Å². The van der Waals surface area contributed by atoms with Crippen LogP contribution in [0.25, 0.3) is 11.1 Å². The molecule has 0 amide bonds. The number of aromatic hydroxyl groups is 1. The SMILES string of the molecule is Cn1c(Nc2cccc(-c3ccc(O)cc3)c2)cc(=O)n(O)c1=O. The van der Waals surface area contributed by atoms with Gasteiger partial charge in [0.1, 0.15) is 11.6 Å². The zero-order chi connectivity index (χ0) is 17.3. The zero-order valence-corrected chi connectivity index (χ0v) is 12.8. The summed E-state index contributed by atoms with van der Waals surface area (Å²) >= 11 is 0. The van der Waals surface area contributed by atoms with Crippen LogP contribution in [0.1, 0.15) is 0 Å². The molecule has 122 valence electrons. The molecule has 24 heavy (non-hydrogen) atoms. The molecule has 7 nitrogen and oxygen atoms in total. The first kappa shape index (κ1) is 15.4. The van der Waals surface area contributed by atoms with Crippen molar-refractivity contribution in [1.82, 2.24) is 9.30 Å². The summed E-state index contributed by atoms with van der Waals surface area (Å²) < 4.78 is 1.19. The maximum absolute atomic E-state index is 11.7. The average molecular weight is 325 g/mol. The first-order valence-corrected chi connectivity index (χ1v) is 7.14. The van der Waals surface area contributed by atoms with E-state index in [-0.39, 0.29) is 16.3 Å². The molecule has 0 spiro atoms. The van der Waals surface area contributed by atoms with Gasteiger partial charge >= 0.3 is 5.69 Å². The second kappa shape index (κ2) is 5.96. The second-order valence-electron chi connectivity index (χ2n) is 5.27. The van der Waals surface area contributed by atoms with E-state index in [1.54, 1.807) is 30.3 Å². The van der Waals surface area contributed by atoms with E-state index in [2.05, 4.69) is 5.32 Å². The Morgan fingerprint density at radius 1 is 0.958 bits per heavy atom. The Balaban J connectivity index is 1.98. The van der Waals surface area contributed by atoms with Crippen molar-refractivity contribution < 1.29 is 10.3 Å². The van der Waals surface area contributed by atoms with E-state index in [1.165, 1.54) is 7.05 Å². The van der Waals surface area contributed by atoms with Crippen LogP contribution in [0.15, 0.2) is 64.2 Å². The molecule has 0 atom stereocenters. The predicted octanol–water partition coefficient (Wildman–Crippen LogP) is 1.90. The van der Waals surface area contributed by atoms with E-state index >= 15 is 0 Å². The van der Waals surface area contributed by atoms with Crippen molar-refractivity contribution in [3.05, 3.63) is 75.4 Å². The summed E-state index contributed by atoms with van der Waals surface area (Å²) in [6.07, 6.45) is 0. The van der Waals surface area contributed by atoms with Crippen molar-refractivity contribution in [3.8, 4) is 16.9 Å². The Morgan fingerprint density at radius 2 is 1.67 bits per heavy atom. The third-order valence-corrected chi connectivity index (χ3v) is 3.63. The quantitative estimate of drug-likeness (QED) is 0.639. The molecule has 1 aromatic heterocycles. The normalized spacial score (nSPS) is 10.5. The lowest BCUT2D eigenvalue weighted by molar-refractivity contribution is 0.156. The van der Waals surface area contributed by atoms with Gasteiger partial charge in [-0.3, -0.25) is 9.36 Å². The minimum atomic E-state index is -0.834. The van der Waals surface area contributed by atoms with Crippen molar-refractivity contribution in [2.24, 2.45) is 7.05 Å². The highest BCUT2D eigenvalue weighted by molar-refractivity contribution is 5.70. The summed E-state index contributed by atoms with van der Waals surface area (Å²) in [4.78, 5) is 23.3. The maximum Gasteiger partial charge on any atom is 0.365 e. The van der Waals surface area contributed by atoms with Gasteiger partial charge in [0.15, 0.2) is 0 Å². The van der Waals surface area contributed by atoms with Crippen molar-refractivity contribution in [3.63, 3.8) is 0 Å². The highest BCUT2D eigenvalue weighted by Gasteiger charge is 2.08. The lowest BCUT2D eigenvalue weighted by Crippen LogP contribution is -2.37. The van der Waals surface area contributed by atoms with Gasteiger partial charge in [0.25, 0.3) is 5.56 Å². The van der Waals surface area contributed by atoms with Crippen molar-refractivity contribution in [1.29, 1.82) is 0 Å². The molecule has 0 fully saturated rings. The zero-order valence-electron chi connectivity index (χ0n) is 12.8. The second-order valence-corrected chi connectivity index (χ2v) is 5.27. The number of aromatic nitrogens is 2. The maximum atomic E-state index is 11.7. The molecule has 0 radical (unpaired) electrons. The number of nitrogens with zero attached hydrogens (tertiary/aromatic N) is 2. The molecule has 1 heterocycles. The van der Waals surface area contributed by atoms with Crippen LogP contribution in [0.4, 0.5) is 11.5 Å². The van der Waals surface area contributed by atoms with Gasteiger partial charge < -0.3 is 15.6 Å². The van der Waals surface area contributed by atoms with Crippen molar-refractivity contribution in [2.75, 3.05) is 5.32 Å². The summed E-state index contributed by atoms with van der Waals surface area (Å²) in [6.45, 7) is 0. The van der Waals surface area contributed by atoms with Gasteiger partial charge in [0.05, 0.1) is 0 Å². The van der Waals surface area contributed by atoms with Gasteiger partial charge in [-0.2, -0.15) is 0 Å². The van der Waals surface area contributed by atoms with Crippen LogP contribution in [0, 0.1) is 0 Å². The average Bonchev–Trinajstić information content (AvgIpc) is 2.59. The summed E-state index contributed by atoms with van der Waals surface area (Å²) in [6, 6.07) is 15.3. The molecular formula is C17H15N3O4. The fourth-order valence-corrected chi connectivity index (χ4v) is 2.31. The van der Waals surface area contributed by atoms with Gasteiger partial charge in [0.2, 0.25) is 0 Å². The lowest BCUT2D eigenvalue weighted by atomic mass is 10.1. The standard InChI is InChI=1S/C17H15N3O4/c1-19-15(10-16(22)20(24)17(19)23)18-13-4-2-3-12(9-13)11-5-7-14(21)8-6-11/h2-10,18,21,24H,1H3. The highest BCUT2D eigenvalue weighted by atomic mass is 16.5. The van der Waals surface area contributed by atoms with Crippen LogP contribution >= 0.6 is 0 Å². The predicted molar refractivity (Wildman–Crippen MR) is 90.0 cm³/mol. The van der Waals surface area contributed by atoms with Crippen LogP contribution in [0.5, 0.6) is 5.75 Å². The third-order valence-electron chi connectivity index (χ3n) is 3.63. The van der Waals surface area contributed by atoms with Crippen LogP contribution in [-0.4, -0.2) is 19.6 Å². The molecule has 0 saturated heterocycles. The van der Waals surface area contributed by atoms with E-state index in [1.807, 2.05) is 18.2 Å². The molecule has 3 aromatic rings. The molecule has 3 N–H and O–H groups in total. The molecule has 2 aromatic carbocycles. The van der Waals surface area contributed by atoms with Crippen LogP contribution in [0.3, 0.4) is 0 Å². The molecule has 7 heteroatoms. The molecule has 0 saturated carbocycles. The van der Waals surface area contributed by atoms with Gasteiger partial charge in [0, 0.05) is 18.8 Å². The number of nitrogens with one attached hydrogen (secondary N) is 1. The molecular weight excluding hydrogens is 310 g/mol. The smallest absolute Gasteiger partial charge is 0.365 e. The first-order valence-electron chi connectivity index (χ1n) is 7.14. The molecule has 0 aliphatic heterocycles. The molecule has 0 aliphatic rings. The Kier molecular flexibility index (Phi) is 3.83. The molecule has 0 aliphatic carbocycles. The minimum absolute atomic E-state index is 0.0536. The fraction of sp³-hybridized carbons (Fsp3) is 0.0588. The lowest BCUT2D eigenvalue weighted by Gasteiger charge is -2.12. The van der Waals surface area contributed by atoms with E-state index in [4.69, 9.17) is 0 Å². The van der Waals surface area contributed by atoms with Gasteiger partial charge in [-0.25, -0.2) is 4.79 Å². The monoisotopic (exact) mass is 325 g/mol. The highest BCUT2D eigenvalue weighted by Crippen LogP contribution is 2.25. The van der Waals surface area contributed by atoms with Crippen LogP contribution in [0.2, 0.25) is 0 Å². The van der Waals surface area contributed by atoms with E-state index in [0.29, 0.717) is 5.69 Å². The van der Waals surface area contributed by atoms with Crippen LogP contribution < -0.4 is 16.6 Å². The largest absolute Gasteiger partial charge is 0.508 e. The Labute approximate surface area is 136 Å². The minimum Gasteiger partial charge on any atom is -0.508 e. The number of hydrogen-bond donors (Lipinski definition) is 3. The van der Waals surface area contributed by atoms with E-state index < -0.39 is 11.2 Å². The van der Waals surface area contributed by atoms with Gasteiger partial charge in [-0.05, 0) is 35.4 Å². The number of phenolic OH excluding ortho intramolecular Hbond substituents is 1. The molecule has 0 bridgehead atoms. The summed E-state index contributed by atoms with van der Waals surface area (Å²) in [5.74, 6) is 0.450. The fourth-order valence-electron chi connectivity index (χ4n) is 2.31. The Morgan fingerprint density at radius 3 is 2.38 bits per heavy atom. The van der Waals surface area contributed by atoms with Gasteiger partial charge in [-0.15, -0.1) is 0 Å². The first-order chi connectivity index (χ1) is 11.5. The van der Waals surface area contributed by atoms with Crippen molar-refractivity contribution >= 4 is 11.5 Å². The number of hydrogen-bond acceptors (Lipinski definition) is 5. The molecule has 0 unspecified atom stereocenters. The van der Waals surface area contributed by atoms with E-state index in [0.717, 1.165) is 21.8 Å². The van der Waals surface area contributed by atoms with E-state index in [9.17, 15) is 19.9 Å². The number of anilines is 2. The summed E-state index contributed by atoms with van der Waals surface area (Å²) in [5.41, 5.74) is 0.845. The van der Waals surface area contributed by atoms with Crippen molar-refractivity contribution in [2.45, 2.75) is 0 Å². The summed E-state index contributed by atoms with van der Waals surface area (Å²) in [5, 5.41) is 21.7. The molecule has 3 rings (SSSR count). The number of phenols is 1. The third kappa shape index (κ3) is 2.87. The Hall–Kier alpha value is -3.48. The number of rotatable bonds is 3. The Bertz CT molecular complexity index is 1000. The van der Waals surface area contributed by atoms with Gasteiger partial charge in [-0.1, -0.05) is 29.0 Å². The van der Waals surface area contributed by atoms with Crippen LogP contribution in [-0.2, 0) is 7.05 Å². The number of benzene rings is 2.